The molecule has 0 N–H and O–H groups in total. The SMILES string of the molecule is CC1(C)CN(C(=O)c2cnc(C3OCCO3)s2)[C@@H]2CCC[C@H]21. The fourth-order valence-electron chi connectivity index (χ4n) is 4.26. The van der Waals surface area contributed by atoms with Gasteiger partial charge in [0.05, 0.1) is 19.4 Å². The Balaban J connectivity index is 1.54. The zero-order chi connectivity index (χ0) is 15.3. The van der Waals surface area contributed by atoms with Gasteiger partial charge in [0, 0.05) is 12.6 Å². The van der Waals surface area contributed by atoms with Crippen molar-refractivity contribution in [3.63, 3.8) is 0 Å². The molecule has 4 rings (SSSR count). The standard InChI is InChI=1S/C16H22N2O3S/c1-16(2)9-18(11-5-3-4-10(11)16)14(19)12-8-17-13(22-12)15-20-6-7-21-15/h8,10-11,15H,3-7,9H2,1-2H3/t10-,11-/m1/s1. The zero-order valence-corrected chi connectivity index (χ0v) is 13.9. The van der Waals surface area contributed by atoms with Crippen LogP contribution < -0.4 is 0 Å². The van der Waals surface area contributed by atoms with E-state index in [2.05, 4.69) is 23.7 Å². The molecule has 1 aromatic rings. The van der Waals surface area contributed by atoms with Gasteiger partial charge in [0.15, 0.2) is 0 Å². The molecule has 5 nitrogen and oxygen atoms in total. The third-order valence-electron chi connectivity index (χ3n) is 5.28. The highest BCUT2D eigenvalue weighted by atomic mass is 32.1. The largest absolute Gasteiger partial charge is 0.344 e. The molecule has 2 saturated heterocycles. The Morgan fingerprint density at radius 1 is 1.36 bits per heavy atom. The van der Waals surface area contributed by atoms with Crippen molar-refractivity contribution in [2.24, 2.45) is 11.3 Å². The van der Waals surface area contributed by atoms with Gasteiger partial charge in [-0.2, -0.15) is 0 Å². The molecule has 0 radical (unpaired) electrons. The maximum atomic E-state index is 12.9. The smallest absolute Gasteiger partial charge is 0.265 e. The first kappa shape index (κ1) is 14.6. The molecule has 1 aliphatic carbocycles. The highest BCUT2D eigenvalue weighted by Gasteiger charge is 2.50. The van der Waals surface area contributed by atoms with Crippen molar-refractivity contribution in [3.8, 4) is 0 Å². The lowest BCUT2D eigenvalue weighted by Crippen LogP contribution is -2.35. The molecule has 120 valence electrons. The number of rotatable bonds is 2. The summed E-state index contributed by atoms with van der Waals surface area (Å²) in [5.41, 5.74) is 0.224. The minimum absolute atomic E-state index is 0.129. The van der Waals surface area contributed by atoms with Crippen LogP contribution in [0.25, 0.3) is 0 Å². The summed E-state index contributed by atoms with van der Waals surface area (Å²) in [6, 6.07) is 0.409. The van der Waals surface area contributed by atoms with Gasteiger partial charge in [0.2, 0.25) is 6.29 Å². The summed E-state index contributed by atoms with van der Waals surface area (Å²) in [6.07, 6.45) is 4.92. The Morgan fingerprint density at radius 3 is 2.91 bits per heavy atom. The van der Waals surface area contributed by atoms with Crippen LogP contribution in [-0.2, 0) is 9.47 Å². The molecule has 0 spiro atoms. The summed E-state index contributed by atoms with van der Waals surface area (Å²) >= 11 is 1.41. The first-order valence-corrected chi connectivity index (χ1v) is 8.88. The highest BCUT2D eigenvalue weighted by molar-refractivity contribution is 7.13. The second-order valence-electron chi connectivity index (χ2n) is 7.16. The second kappa shape index (κ2) is 5.28. The Morgan fingerprint density at radius 2 is 2.14 bits per heavy atom. The van der Waals surface area contributed by atoms with E-state index in [0.717, 1.165) is 18.0 Å². The molecule has 2 atom stereocenters. The number of likely N-dealkylation sites (tertiary alicyclic amines) is 1. The van der Waals surface area contributed by atoms with Gasteiger partial charge in [-0.05, 0) is 24.2 Å². The molecule has 1 amide bonds. The summed E-state index contributed by atoms with van der Waals surface area (Å²) in [4.78, 5) is 20.0. The van der Waals surface area contributed by atoms with E-state index in [-0.39, 0.29) is 17.6 Å². The van der Waals surface area contributed by atoms with E-state index in [4.69, 9.17) is 9.47 Å². The lowest BCUT2D eigenvalue weighted by molar-refractivity contribution is -0.0442. The van der Waals surface area contributed by atoms with Gasteiger partial charge in [-0.15, -0.1) is 11.3 Å². The maximum Gasteiger partial charge on any atom is 0.265 e. The average Bonchev–Trinajstić information content (AvgIpc) is 3.25. The molecular weight excluding hydrogens is 300 g/mol. The van der Waals surface area contributed by atoms with E-state index in [1.807, 2.05) is 0 Å². The first-order valence-electron chi connectivity index (χ1n) is 8.06. The van der Waals surface area contributed by atoms with Gasteiger partial charge in [-0.3, -0.25) is 4.79 Å². The number of hydrogen-bond acceptors (Lipinski definition) is 5. The summed E-state index contributed by atoms with van der Waals surface area (Å²) in [5, 5.41) is 0.752. The lowest BCUT2D eigenvalue weighted by Gasteiger charge is -2.23. The van der Waals surface area contributed by atoms with Gasteiger partial charge in [0.1, 0.15) is 9.88 Å². The quantitative estimate of drug-likeness (QED) is 0.840. The van der Waals surface area contributed by atoms with Crippen LogP contribution in [0.1, 0.15) is 54.1 Å². The zero-order valence-electron chi connectivity index (χ0n) is 13.1. The van der Waals surface area contributed by atoms with Crippen molar-refractivity contribution in [2.45, 2.75) is 45.4 Å². The molecule has 0 aromatic carbocycles. The molecule has 3 aliphatic rings. The number of ether oxygens (including phenoxy) is 2. The number of amides is 1. The van der Waals surface area contributed by atoms with Crippen LogP contribution in [0.15, 0.2) is 6.20 Å². The van der Waals surface area contributed by atoms with E-state index in [1.54, 1.807) is 6.20 Å². The number of thiazole rings is 1. The van der Waals surface area contributed by atoms with Crippen LogP contribution in [-0.4, -0.2) is 41.6 Å². The average molecular weight is 322 g/mol. The Hall–Kier alpha value is -0.980. The molecule has 22 heavy (non-hydrogen) atoms. The maximum absolute atomic E-state index is 12.9. The summed E-state index contributed by atoms with van der Waals surface area (Å²) in [7, 11) is 0. The number of carbonyl (C=O) groups excluding carboxylic acids is 1. The van der Waals surface area contributed by atoms with Crippen molar-refractivity contribution < 1.29 is 14.3 Å². The van der Waals surface area contributed by atoms with Crippen molar-refractivity contribution in [1.29, 1.82) is 0 Å². The highest BCUT2D eigenvalue weighted by Crippen LogP contribution is 2.49. The molecule has 1 saturated carbocycles. The number of hydrogen-bond donors (Lipinski definition) is 0. The molecule has 0 unspecified atom stereocenters. The van der Waals surface area contributed by atoms with E-state index < -0.39 is 0 Å². The minimum Gasteiger partial charge on any atom is -0.344 e. The topological polar surface area (TPSA) is 51.7 Å². The van der Waals surface area contributed by atoms with Gasteiger partial charge < -0.3 is 14.4 Å². The van der Waals surface area contributed by atoms with Crippen molar-refractivity contribution in [1.82, 2.24) is 9.88 Å². The summed E-state index contributed by atoms with van der Waals surface area (Å²) in [5.74, 6) is 0.773. The number of nitrogens with zero attached hydrogens (tertiary/aromatic N) is 2. The Kier molecular flexibility index (Phi) is 3.51. The Labute approximate surface area is 134 Å². The second-order valence-corrected chi connectivity index (χ2v) is 8.22. The molecule has 0 bridgehead atoms. The Bertz CT molecular complexity index is 580. The van der Waals surface area contributed by atoms with E-state index in [0.29, 0.717) is 30.1 Å². The monoisotopic (exact) mass is 322 g/mol. The molecule has 2 aliphatic heterocycles. The normalized spacial score (nSPS) is 30.9. The molecular formula is C16H22N2O3S. The first-order chi connectivity index (χ1) is 10.6. The van der Waals surface area contributed by atoms with Crippen molar-refractivity contribution in [2.75, 3.05) is 19.8 Å². The van der Waals surface area contributed by atoms with Crippen LogP contribution in [0.3, 0.4) is 0 Å². The summed E-state index contributed by atoms with van der Waals surface area (Å²) in [6.45, 7) is 6.63. The van der Waals surface area contributed by atoms with Crippen LogP contribution in [0.5, 0.6) is 0 Å². The van der Waals surface area contributed by atoms with Crippen LogP contribution in [0.4, 0.5) is 0 Å². The molecule has 3 fully saturated rings. The predicted molar refractivity (Wildman–Crippen MR) is 82.7 cm³/mol. The third-order valence-corrected chi connectivity index (χ3v) is 6.29. The van der Waals surface area contributed by atoms with Gasteiger partial charge in [-0.25, -0.2) is 4.98 Å². The lowest BCUT2D eigenvalue weighted by atomic mass is 9.80. The van der Waals surface area contributed by atoms with Crippen LogP contribution in [0.2, 0.25) is 0 Å². The van der Waals surface area contributed by atoms with Gasteiger partial charge in [-0.1, -0.05) is 20.3 Å². The fraction of sp³-hybridized carbons (Fsp3) is 0.750. The fourth-order valence-corrected chi connectivity index (χ4v) is 5.13. The van der Waals surface area contributed by atoms with Crippen molar-refractivity contribution >= 4 is 17.2 Å². The third kappa shape index (κ3) is 2.28. The number of fused-ring (bicyclic) bond motifs is 1. The number of carbonyl (C=O) groups is 1. The van der Waals surface area contributed by atoms with E-state index in [9.17, 15) is 4.79 Å². The molecule has 1 aromatic heterocycles. The predicted octanol–water partition coefficient (Wildman–Crippen LogP) is 2.84. The van der Waals surface area contributed by atoms with Gasteiger partial charge in [0.25, 0.3) is 5.91 Å². The molecule has 6 heteroatoms. The summed E-state index contributed by atoms with van der Waals surface area (Å²) < 4.78 is 10.9. The van der Waals surface area contributed by atoms with Gasteiger partial charge >= 0.3 is 0 Å². The van der Waals surface area contributed by atoms with Crippen LogP contribution >= 0.6 is 11.3 Å². The van der Waals surface area contributed by atoms with E-state index in [1.165, 1.54) is 24.2 Å². The van der Waals surface area contributed by atoms with Crippen molar-refractivity contribution in [3.05, 3.63) is 16.1 Å². The van der Waals surface area contributed by atoms with E-state index >= 15 is 0 Å². The minimum atomic E-state index is -0.388. The van der Waals surface area contributed by atoms with Crippen LogP contribution in [0, 0.1) is 11.3 Å². The molecule has 3 heterocycles. The number of aromatic nitrogens is 1.